The van der Waals surface area contributed by atoms with Crippen molar-refractivity contribution in [3.63, 3.8) is 0 Å². The molecule has 4 rings (SSSR count). The first-order valence-electron chi connectivity index (χ1n) is 7.67. The monoisotopic (exact) mass is 312 g/mol. The van der Waals surface area contributed by atoms with Crippen LogP contribution in [-0.4, -0.2) is 26.4 Å². The number of halogens is 1. The molecule has 118 valence electrons. The average molecular weight is 312 g/mol. The molecule has 0 unspecified atom stereocenters. The first-order valence-corrected chi connectivity index (χ1v) is 7.67. The van der Waals surface area contributed by atoms with Gasteiger partial charge in [0.2, 0.25) is 0 Å². The van der Waals surface area contributed by atoms with E-state index in [1.165, 1.54) is 6.07 Å². The molecule has 6 heteroatoms. The number of hydrogen-bond acceptors (Lipinski definition) is 3. The van der Waals surface area contributed by atoms with Crippen molar-refractivity contribution in [2.24, 2.45) is 0 Å². The SMILES string of the molecule is Cc1nc2c(c(=O)[nH]1)CN(Cc1c[nH]c3ccc(F)cc13)CC2. The predicted octanol–water partition coefficient (Wildman–Crippen LogP) is 2.26. The van der Waals surface area contributed by atoms with Crippen molar-refractivity contribution < 1.29 is 4.39 Å². The molecule has 3 heterocycles. The number of hydrogen-bond donors (Lipinski definition) is 2. The van der Waals surface area contributed by atoms with Gasteiger partial charge in [-0.2, -0.15) is 0 Å². The van der Waals surface area contributed by atoms with E-state index >= 15 is 0 Å². The van der Waals surface area contributed by atoms with Gasteiger partial charge in [0.25, 0.3) is 5.56 Å². The molecular formula is C17H17FN4O. The summed E-state index contributed by atoms with van der Waals surface area (Å²) in [4.78, 5) is 24.7. The van der Waals surface area contributed by atoms with Gasteiger partial charge in [-0.15, -0.1) is 0 Å². The smallest absolute Gasteiger partial charge is 0.255 e. The van der Waals surface area contributed by atoms with Crippen LogP contribution in [0.5, 0.6) is 0 Å². The molecule has 23 heavy (non-hydrogen) atoms. The summed E-state index contributed by atoms with van der Waals surface area (Å²) in [6.07, 6.45) is 2.67. The molecule has 0 aliphatic carbocycles. The minimum Gasteiger partial charge on any atom is -0.361 e. The minimum atomic E-state index is -0.238. The Kier molecular flexibility index (Phi) is 3.27. The summed E-state index contributed by atoms with van der Waals surface area (Å²) >= 11 is 0. The molecule has 2 N–H and O–H groups in total. The zero-order valence-electron chi connectivity index (χ0n) is 12.8. The van der Waals surface area contributed by atoms with Crippen LogP contribution in [0.2, 0.25) is 0 Å². The van der Waals surface area contributed by atoms with Crippen molar-refractivity contribution in [2.45, 2.75) is 26.4 Å². The van der Waals surface area contributed by atoms with Crippen molar-refractivity contribution in [2.75, 3.05) is 6.54 Å². The summed E-state index contributed by atoms with van der Waals surface area (Å²) in [6.45, 7) is 3.88. The number of nitrogens with zero attached hydrogens (tertiary/aromatic N) is 2. The van der Waals surface area contributed by atoms with E-state index in [-0.39, 0.29) is 11.4 Å². The lowest BCUT2D eigenvalue weighted by atomic mass is 10.1. The van der Waals surface area contributed by atoms with E-state index in [1.54, 1.807) is 19.1 Å². The largest absolute Gasteiger partial charge is 0.361 e. The molecule has 0 atom stereocenters. The molecule has 0 saturated heterocycles. The van der Waals surface area contributed by atoms with Crippen molar-refractivity contribution in [1.29, 1.82) is 0 Å². The maximum atomic E-state index is 13.5. The number of H-pyrrole nitrogens is 2. The third kappa shape index (κ3) is 2.55. The van der Waals surface area contributed by atoms with Crippen LogP contribution in [0.15, 0.2) is 29.2 Å². The van der Waals surface area contributed by atoms with Gasteiger partial charge in [-0.1, -0.05) is 0 Å². The Morgan fingerprint density at radius 1 is 1.39 bits per heavy atom. The Labute approximate surface area is 132 Å². The Balaban J connectivity index is 1.62. The molecular weight excluding hydrogens is 295 g/mol. The first-order chi connectivity index (χ1) is 11.1. The maximum Gasteiger partial charge on any atom is 0.255 e. The van der Waals surface area contributed by atoms with Crippen molar-refractivity contribution in [1.82, 2.24) is 19.9 Å². The molecule has 3 aromatic rings. The second-order valence-electron chi connectivity index (χ2n) is 6.04. The topological polar surface area (TPSA) is 64.8 Å². The van der Waals surface area contributed by atoms with Gasteiger partial charge in [-0.25, -0.2) is 9.37 Å². The Hall–Kier alpha value is -2.47. The predicted molar refractivity (Wildman–Crippen MR) is 85.7 cm³/mol. The Morgan fingerprint density at radius 3 is 3.13 bits per heavy atom. The molecule has 1 aliphatic heterocycles. The molecule has 5 nitrogen and oxygen atoms in total. The van der Waals surface area contributed by atoms with Gasteiger partial charge >= 0.3 is 0 Å². The van der Waals surface area contributed by atoms with Gasteiger partial charge in [0, 0.05) is 43.2 Å². The third-order valence-electron chi connectivity index (χ3n) is 4.39. The van der Waals surface area contributed by atoms with Gasteiger partial charge in [-0.05, 0) is 30.7 Å². The van der Waals surface area contributed by atoms with E-state index in [2.05, 4.69) is 19.9 Å². The molecule has 0 radical (unpaired) electrons. The molecule has 1 aromatic carbocycles. The maximum absolute atomic E-state index is 13.5. The van der Waals surface area contributed by atoms with Crippen molar-refractivity contribution in [3.8, 4) is 0 Å². The van der Waals surface area contributed by atoms with Crippen LogP contribution in [0.25, 0.3) is 10.9 Å². The van der Waals surface area contributed by atoms with Crippen molar-refractivity contribution in [3.05, 3.63) is 63.2 Å². The highest BCUT2D eigenvalue weighted by Gasteiger charge is 2.21. The van der Waals surface area contributed by atoms with Gasteiger partial charge in [0.05, 0.1) is 11.3 Å². The Morgan fingerprint density at radius 2 is 2.26 bits per heavy atom. The second kappa shape index (κ2) is 5.31. The van der Waals surface area contributed by atoms with E-state index in [0.717, 1.165) is 40.7 Å². The zero-order valence-corrected chi connectivity index (χ0v) is 12.8. The number of aryl methyl sites for hydroxylation is 1. The molecule has 0 spiro atoms. The van der Waals surface area contributed by atoms with E-state index in [0.29, 0.717) is 18.9 Å². The number of aromatic nitrogens is 3. The number of aromatic amines is 2. The van der Waals surface area contributed by atoms with Gasteiger partial charge in [0.15, 0.2) is 0 Å². The van der Waals surface area contributed by atoms with E-state index in [1.807, 2.05) is 6.20 Å². The van der Waals surface area contributed by atoms with E-state index in [4.69, 9.17) is 0 Å². The lowest BCUT2D eigenvalue weighted by Crippen LogP contribution is -2.35. The van der Waals surface area contributed by atoms with Crippen LogP contribution in [0, 0.1) is 12.7 Å². The fourth-order valence-corrected chi connectivity index (χ4v) is 3.26. The first kappa shape index (κ1) is 14.1. The summed E-state index contributed by atoms with van der Waals surface area (Å²) in [5.74, 6) is 0.424. The molecule has 0 bridgehead atoms. The second-order valence-corrected chi connectivity index (χ2v) is 6.04. The highest BCUT2D eigenvalue weighted by Crippen LogP contribution is 2.23. The van der Waals surface area contributed by atoms with E-state index in [9.17, 15) is 9.18 Å². The highest BCUT2D eigenvalue weighted by atomic mass is 19.1. The molecule has 0 fully saturated rings. The molecule has 0 saturated carbocycles. The van der Waals surface area contributed by atoms with Crippen molar-refractivity contribution >= 4 is 10.9 Å². The van der Waals surface area contributed by atoms with Crippen LogP contribution in [0.4, 0.5) is 4.39 Å². The summed E-state index contributed by atoms with van der Waals surface area (Å²) in [5, 5.41) is 0.895. The quantitative estimate of drug-likeness (QED) is 0.763. The minimum absolute atomic E-state index is 0.0535. The van der Waals surface area contributed by atoms with Crippen LogP contribution in [0.3, 0.4) is 0 Å². The number of benzene rings is 1. The summed E-state index contributed by atoms with van der Waals surface area (Å²) < 4.78 is 13.5. The van der Waals surface area contributed by atoms with Crippen LogP contribution in [-0.2, 0) is 19.5 Å². The molecule has 2 aromatic heterocycles. The molecule has 0 amide bonds. The van der Waals surface area contributed by atoms with E-state index < -0.39 is 0 Å². The Bertz CT molecular complexity index is 943. The lowest BCUT2D eigenvalue weighted by molar-refractivity contribution is 0.242. The normalized spacial score (nSPS) is 15.0. The number of fused-ring (bicyclic) bond motifs is 2. The number of rotatable bonds is 2. The standard InChI is InChI=1S/C17H17FN4O/c1-10-20-16-4-5-22(9-14(16)17(23)21-10)8-11-7-19-15-3-2-12(18)6-13(11)15/h2-3,6-7,19H,4-5,8-9H2,1H3,(H,20,21,23). The van der Waals surface area contributed by atoms with Gasteiger partial charge in [-0.3, -0.25) is 9.69 Å². The number of nitrogens with one attached hydrogen (secondary N) is 2. The van der Waals surface area contributed by atoms with Crippen LogP contribution < -0.4 is 5.56 Å². The fourth-order valence-electron chi connectivity index (χ4n) is 3.26. The van der Waals surface area contributed by atoms with Gasteiger partial charge < -0.3 is 9.97 Å². The van der Waals surface area contributed by atoms with Crippen LogP contribution >= 0.6 is 0 Å². The summed E-state index contributed by atoms with van der Waals surface area (Å²) in [6, 6.07) is 4.75. The third-order valence-corrected chi connectivity index (χ3v) is 4.39. The molecule has 1 aliphatic rings. The zero-order chi connectivity index (χ0) is 16.0. The lowest BCUT2D eigenvalue weighted by Gasteiger charge is -2.27. The van der Waals surface area contributed by atoms with Gasteiger partial charge in [0.1, 0.15) is 11.6 Å². The fraction of sp³-hybridized carbons (Fsp3) is 0.294. The summed E-state index contributed by atoms with van der Waals surface area (Å²) in [7, 11) is 0. The van der Waals surface area contributed by atoms with Crippen LogP contribution in [0.1, 0.15) is 22.6 Å². The highest BCUT2D eigenvalue weighted by molar-refractivity contribution is 5.83. The summed E-state index contributed by atoms with van der Waals surface area (Å²) in [5.41, 5.74) is 3.55. The average Bonchev–Trinajstić information content (AvgIpc) is 2.90.